The molecule has 18 heavy (non-hydrogen) atoms. The molecule has 1 N–H and O–H groups in total. The predicted molar refractivity (Wildman–Crippen MR) is 69.7 cm³/mol. The summed E-state index contributed by atoms with van der Waals surface area (Å²) < 4.78 is 26.6. The molecule has 0 spiro atoms. The van der Waals surface area contributed by atoms with Gasteiger partial charge in [-0.1, -0.05) is 13.8 Å². The van der Waals surface area contributed by atoms with Crippen LogP contribution in [0.25, 0.3) is 10.9 Å². The Kier molecular flexibility index (Phi) is 3.97. The first-order valence-corrected chi connectivity index (χ1v) is 6.33. The monoisotopic (exact) mass is 252 g/mol. The van der Waals surface area contributed by atoms with Crippen LogP contribution < -0.4 is 0 Å². The zero-order valence-electron chi connectivity index (χ0n) is 10.8. The summed E-state index contributed by atoms with van der Waals surface area (Å²) in [6.45, 7) is 7.17. The van der Waals surface area contributed by atoms with Gasteiger partial charge in [-0.15, -0.1) is 0 Å². The summed E-state index contributed by atoms with van der Waals surface area (Å²) in [4.78, 5) is 5.13. The minimum Gasteiger partial charge on any atom is -0.358 e. The van der Waals surface area contributed by atoms with E-state index < -0.39 is 11.6 Å². The molecule has 4 heteroatoms. The average molecular weight is 252 g/mol. The Bertz CT molecular complexity index is 530. The van der Waals surface area contributed by atoms with Gasteiger partial charge in [0.25, 0.3) is 0 Å². The largest absolute Gasteiger partial charge is 0.358 e. The van der Waals surface area contributed by atoms with Crippen molar-refractivity contribution < 1.29 is 8.78 Å². The predicted octanol–water partition coefficient (Wildman–Crippen LogP) is 3.33. The van der Waals surface area contributed by atoms with Crippen LogP contribution in [0.1, 0.15) is 19.4 Å². The topological polar surface area (TPSA) is 19.0 Å². The van der Waals surface area contributed by atoms with Gasteiger partial charge in [0, 0.05) is 18.1 Å². The Labute approximate surface area is 106 Å². The third-order valence-electron chi connectivity index (χ3n) is 3.42. The molecule has 0 aliphatic heterocycles. The summed E-state index contributed by atoms with van der Waals surface area (Å²) in [5.74, 6) is -1.60. The number of nitrogens with zero attached hydrogens (tertiary/aromatic N) is 1. The smallest absolute Gasteiger partial charge is 0.182 e. The highest BCUT2D eigenvalue weighted by Gasteiger charge is 2.12. The lowest BCUT2D eigenvalue weighted by Crippen LogP contribution is -2.25. The van der Waals surface area contributed by atoms with Crippen LogP contribution in [0.2, 0.25) is 0 Å². The molecular formula is C14H18F2N2. The maximum Gasteiger partial charge on any atom is 0.182 e. The lowest BCUT2D eigenvalue weighted by atomic mass is 10.1. The van der Waals surface area contributed by atoms with Crippen molar-refractivity contribution in [2.75, 3.05) is 19.6 Å². The quantitative estimate of drug-likeness (QED) is 0.864. The lowest BCUT2D eigenvalue weighted by molar-refractivity contribution is 0.308. The van der Waals surface area contributed by atoms with E-state index in [1.165, 1.54) is 6.07 Å². The first-order chi connectivity index (χ1) is 8.67. The number of aromatic amines is 1. The number of fused-ring (bicyclic) bond motifs is 1. The maximum absolute atomic E-state index is 13.5. The zero-order chi connectivity index (χ0) is 13.1. The highest BCUT2D eigenvalue weighted by atomic mass is 19.2. The molecule has 0 aliphatic carbocycles. The summed E-state index contributed by atoms with van der Waals surface area (Å²) in [5, 5.41) is 0.779. The van der Waals surface area contributed by atoms with Crippen LogP contribution in [-0.4, -0.2) is 29.5 Å². The summed E-state index contributed by atoms with van der Waals surface area (Å²) in [7, 11) is 0. The second kappa shape index (κ2) is 5.48. The van der Waals surface area contributed by atoms with Crippen LogP contribution in [0.3, 0.4) is 0 Å². The number of H-pyrrole nitrogens is 1. The molecular weight excluding hydrogens is 234 g/mol. The minimum absolute atomic E-state index is 0.268. The van der Waals surface area contributed by atoms with Crippen LogP contribution in [0.4, 0.5) is 8.78 Å². The molecule has 0 aliphatic rings. The normalized spacial score (nSPS) is 11.6. The first kappa shape index (κ1) is 13.0. The van der Waals surface area contributed by atoms with Gasteiger partial charge in [-0.3, -0.25) is 0 Å². The standard InChI is InChI=1S/C14H18F2N2/c1-3-18(4-2)8-7-10-9-17-14-11(10)5-6-12(15)13(14)16/h5-6,9,17H,3-4,7-8H2,1-2H3. The number of hydrogen-bond donors (Lipinski definition) is 1. The third-order valence-corrected chi connectivity index (χ3v) is 3.42. The molecule has 1 aromatic carbocycles. The van der Waals surface area contributed by atoms with Crippen LogP contribution >= 0.6 is 0 Å². The van der Waals surface area contributed by atoms with E-state index in [0.717, 1.165) is 37.0 Å². The fraction of sp³-hybridized carbons (Fsp3) is 0.429. The molecule has 0 saturated heterocycles. The zero-order valence-corrected chi connectivity index (χ0v) is 10.8. The van der Waals surface area contributed by atoms with Crippen molar-refractivity contribution in [3.05, 3.63) is 35.5 Å². The van der Waals surface area contributed by atoms with Gasteiger partial charge in [0.05, 0.1) is 5.52 Å². The van der Waals surface area contributed by atoms with Gasteiger partial charge in [-0.25, -0.2) is 8.78 Å². The van der Waals surface area contributed by atoms with Crippen LogP contribution in [0.5, 0.6) is 0 Å². The summed E-state index contributed by atoms with van der Waals surface area (Å²) >= 11 is 0. The number of halogens is 2. The molecule has 1 aromatic heterocycles. The Morgan fingerprint density at radius 3 is 2.56 bits per heavy atom. The second-order valence-electron chi connectivity index (χ2n) is 4.37. The molecule has 0 saturated carbocycles. The summed E-state index contributed by atoms with van der Waals surface area (Å²) in [6.07, 6.45) is 2.61. The molecule has 0 amide bonds. The van der Waals surface area contributed by atoms with Gasteiger partial charge in [0.2, 0.25) is 0 Å². The molecule has 2 nitrogen and oxygen atoms in total. The van der Waals surface area contributed by atoms with Gasteiger partial charge in [-0.05, 0) is 37.2 Å². The van der Waals surface area contributed by atoms with E-state index in [9.17, 15) is 8.78 Å². The fourth-order valence-corrected chi connectivity index (χ4v) is 2.22. The number of hydrogen-bond acceptors (Lipinski definition) is 1. The van der Waals surface area contributed by atoms with E-state index in [0.29, 0.717) is 0 Å². The van der Waals surface area contributed by atoms with E-state index in [4.69, 9.17) is 0 Å². The van der Waals surface area contributed by atoms with E-state index in [1.807, 2.05) is 0 Å². The summed E-state index contributed by atoms with van der Waals surface area (Å²) in [5.41, 5.74) is 1.31. The van der Waals surface area contributed by atoms with Crippen molar-refractivity contribution in [2.45, 2.75) is 20.3 Å². The van der Waals surface area contributed by atoms with Gasteiger partial charge in [0.1, 0.15) is 0 Å². The van der Waals surface area contributed by atoms with E-state index in [1.54, 1.807) is 12.3 Å². The molecule has 0 bridgehead atoms. The van der Waals surface area contributed by atoms with Crippen LogP contribution in [0, 0.1) is 11.6 Å². The van der Waals surface area contributed by atoms with Gasteiger partial charge >= 0.3 is 0 Å². The van der Waals surface area contributed by atoms with Crippen molar-refractivity contribution in [1.82, 2.24) is 9.88 Å². The maximum atomic E-state index is 13.5. The van der Waals surface area contributed by atoms with Crippen LogP contribution in [0.15, 0.2) is 18.3 Å². The molecule has 2 rings (SSSR count). The van der Waals surface area contributed by atoms with Crippen LogP contribution in [-0.2, 0) is 6.42 Å². The lowest BCUT2D eigenvalue weighted by Gasteiger charge is -2.17. The Hall–Kier alpha value is -1.42. The number of rotatable bonds is 5. The van der Waals surface area contributed by atoms with Gasteiger partial charge in [0.15, 0.2) is 11.6 Å². The van der Waals surface area contributed by atoms with E-state index in [-0.39, 0.29) is 5.52 Å². The SMILES string of the molecule is CCN(CC)CCc1c[nH]c2c(F)c(F)ccc12. The van der Waals surface area contributed by atoms with Gasteiger partial charge in [-0.2, -0.15) is 0 Å². The molecule has 0 unspecified atom stereocenters. The average Bonchev–Trinajstić information content (AvgIpc) is 2.79. The molecule has 0 atom stereocenters. The first-order valence-electron chi connectivity index (χ1n) is 6.33. The number of nitrogens with one attached hydrogen (secondary N) is 1. The fourth-order valence-electron chi connectivity index (χ4n) is 2.22. The second-order valence-corrected chi connectivity index (χ2v) is 4.37. The third kappa shape index (κ3) is 2.38. The van der Waals surface area contributed by atoms with Crippen molar-refractivity contribution in [3.8, 4) is 0 Å². The number of aromatic nitrogens is 1. The molecule has 0 fully saturated rings. The van der Waals surface area contributed by atoms with E-state index >= 15 is 0 Å². The minimum atomic E-state index is -0.806. The molecule has 0 radical (unpaired) electrons. The molecule has 98 valence electrons. The van der Waals surface area contributed by atoms with Gasteiger partial charge < -0.3 is 9.88 Å². The van der Waals surface area contributed by atoms with Crippen molar-refractivity contribution >= 4 is 10.9 Å². The molecule has 1 heterocycles. The molecule has 2 aromatic rings. The Morgan fingerprint density at radius 1 is 1.17 bits per heavy atom. The van der Waals surface area contributed by atoms with E-state index in [2.05, 4.69) is 23.7 Å². The highest BCUT2D eigenvalue weighted by molar-refractivity contribution is 5.83. The number of likely N-dealkylation sites (N-methyl/N-ethyl adjacent to an activating group) is 1. The van der Waals surface area contributed by atoms with Crippen molar-refractivity contribution in [1.29, 1.82) is 0 Å². The Balaban J connectivity index is 2.22. The Morgan fingerprint density at radius 2 is 1.89 bits per heavy atom. The van der Waals surface area contributed by atoms with Crippen molar-refractivity contribution in [3.63, 3.8) is 0 Å². The summed E-state index contributed by atoms with van der Waals surface area (Å²) in [6, 6.07) is 2.83. The number of benzene rings is 1. The van der Waals surface area contributed by atoms with Crippen molar-refractivity contribution in [2.24, 2.45) is 0 Å². The highest BCUT2D eigenvalue weighted by Crippen LogP contribution is 2.23.